The predicted octanol–water partition coefficient (Wildman–Crippen LogP) is 2.30. The van der Waals surface area contributed by atoms with Crippen LogP contribution in [0.4, 0.5) is 0 Å². The van der Waals surface area contributed by atoms with Crippen molar-refractivity contribution in [2.24, 2.45) is 10.8 Å². The minimum Gasteiger partial charge on any atom is -0.481 e. The molecule has 0 spiro atoms. The number of carboxylic acid groups (broad SMARTS) is 1. The summed E-state index contributed by atoms with van der Waals surface area (Å²) in [5.41, 5.74) is 0.423. The zero-order chi connectivity index (χ0) is 10.8. The zero-order valence-corrected chi connectivity index (χ0v) is 9.30. The molecule has 0 atom stereocenters. The minimum atomic E-state index is -0.700. The Labute approximate surface area is 85.5 Å². The summed E-state index contributed by atoms with van der Waals surface area (Å²) >= 11 is 0. The van der Waals surface area contributed by atoms with Crippen molar-refractivity contribution in [2.75, 3.05) is 13.2 Å². The molecule has 0 aromatic heterocycles. The van der Waals surface area contributed by atoms with Crippen molar-refractivity contribution in [1.29, 1.82) is 0 Å². The zero-order valence-electron chi connectivity index (χ0n) is 9.30. The van der Waals surface area contributed by atoms with Crippen molar-refractivity contribution in [2.45, 2.75) is 40.0 Å². The fourth-order valence-electron chi connectivity index (χ4n) is 1.88. The quantitative estimate of drug-likeness (QED) is 0.757. The lowest BCUT2D eigenvalue weighted by Gasteiger charge is -2.51. The first-order valence-corrected chi connectivity index (χ1v) is 5.17. The minimum absolute atomic E-state index is 0.211. The second kappa shape index (κ2) is 3.89. The summed E-state index contributed by atoms with van der Waals surface area (Å²) in [7, 11) is 0. The lowest BCUT2D eigenvalue weighted by atomic mass is 9.62. The van der Waals surface area contributed by atoms with Crippen LogP contribution in [0.1, 0.15) is 40.0 Å². The van der Waals surface area contributed by atoms with E-state index in [0.717, 1.165) is 26.1 Å². The third kappa shape index (κ3) is 2.27. The van der Waals surface area contributed by atoms with Crippen LogP contribution < -0.4 is 0 Å². The fourth-order valence-corrected chi connectivity index (χ4v) is 1.88. The Morgan fingerprint density at radius 2 is 2.00 bits per heavy atom. The molecule has 0 aliphatic carbocycles. The van der Waals surface area contributed by atoms with Gasteiger partial charge in [0, 0.05) is 11.8 Å². The Hall–Kier alpha value is -0.570. The van der Waals surface area contributed by atoms with E-state index in [0.29, 0.717) is 0 Å². The van der Waals surface area contributed by atoms with Crippen LogP contribution in [0.15, 0.2) is 0 Å². The first kappa shape index (κ1) is 11.5. The third-order valence-electron chi connectivity index (χ3n) is 3.39. The van der Waals surface area contributed by atoms with Gasteiger partial charge in [0.2, 0.25) is 0 Å². The Balaban J connectivity index is 2.43. The number of ether oxygens (including phenoxy) is 1. The average Bonchev–Trinajstić information content (AvgIpc) is 1.90. The van der Waals surface area contributed by atoms with Gasteiger partial charge in [0.15, 0.2) is 0 Å². The van der Waals surface area contributed by atoms with E-state index >= 15 is 0 Å². The highest BCUT2D eigenvalue weighted by molar-refractivity contribution is 5.66. The summed E-state index contributed by atoms with van der Waals surface area (Å²) in [4.78, 5) is 10.4. The smallest absolute Gasteiger partial charge is 0.303 e. The molecular weight excluding hydrogens is 180 g/mol. The summed E-state index contributed by atoms with van der Waals surface area (Å²) in [5, 5.41) is 8.57. The molecule has 1 N–H and O–H groups in total. The van der Waals surface area contributed by atoms with Crippen molar-refractivity contribution in [3.63, 3.8) is 0 Å². The van der Waals surface area contributed by atoms with Crippen LogP contribution in [0.2, 0.25) is 0 Å². The molecule has 0 saturated carbocycles. The van der Waals surface area contributed by atoms with Crippen LogP contribution >= 0.6 is 0 Å². The van der Waals surface area contributed by atoms with E-state index in [4.69, 9.17) is 9.84 Å². The summed E-state index contributed by atoms with van der Waals surface area (Å²) in [6.07, 6.45) is 2.00. The largest absolute Gasteiger partial charge is 0.481 e. The molecule has 3 heteroatoms. The number of aliphatic carboxylic acids is 1. The van der Waals surface area contributed by atoms with Crippen molar-refractivity contribution < 1.29 is 14.6 Å². The second-order valence-electron chi connectivity index (χ2n) is 5.27. The maximum Gasteiger partial charge on any atom is 0.303 e. The van der Waals surface area contributed by atoms with E-state index in [9.17, 15) is 4.79 Å². The normalized spacial score (nSPS) is 20.2. The molecule has 0 amide bonds. The van der Waals surface area contributed by atoms with Gasteiger partial charge in [0.25, 0.3) is 0 Å². The average molecular weight is 200 g/mol. The molecule has 82 valence electrons. The van der Waals surface area contributed by atoms with Crippen molar-refractivity contribution in [1.82, 2.24) is 0 Å². The van der Waals surface area contributed by atoms with Gasteiger partial charge in [0.1, 0.15) is 0 Å². The van der Waals surface area contributed by atoms with Gasteiger partial charge in [-0.1, -0.05) is 20.8 Å². The van der Waals surface area contributed by atoms with E-state index in [-0.39, 0.29) is 17.3 Å². The molecule has 0 radical (unpaired) electrons. The van der Waals surface area contributed by atoms with Crippen molar-refractivity contribution in [3.8, 4) is 0 Å². The van der Waals surface area contributed by atoms with Gasteiger partial charge >= 0.3 is 5.97 Å². The maximum atomic E-state index is 10.4. The predicted molar refractivity (Wildman–Crippen MR) is 54.2 cm³/mol. The van der Waals surface area contributed by atoms with Crippen LogP contribution in [0.3, 0.4) is 0 Å². The first-order valence-electron chi connectivity index (χ1n) is 5.17. The van der Waals surface area contributed by atoms with Crippen LogP contribution in [-0.2, 0) is 9.53 Å². The molecule has 1 aliphatic heterocycles. The molecular formula is C11H20O3. The van der Waals surface area contributed by atoms with Crippen LogP contribution in [-0.4, -0.2) is 24.3 Å². The van der Waals surface area contributed by atoms with Gasteiger partial charge in [-0.2, -0.15) is 0 Å². The molecule has 0 aromatic rings. The number of hydrogen-bond donors (Lipinski definition) is 1. The first-order chi connectivity index (χ1) is 6.37. The summed E-state index contributed by atoms with van der Waals surface area (Å²) in [6, 6.07) is 0. The molecule has 3 nitrogen and oxygen atoms in total. The summed E-state index contributed by atoms with van der Waals surface area (Å²) in [5.74, 6) is -0.700. The Bertz CT molecular complexity index is 211. The maximum absolute atomic E-state index is 10.4. The highest BCUT2D eigenvalue weighted by atomic mass is 16.5. The van der Waals surface area contributed by atoms with E-state index in [1.165, 1.54) is 0 Å². The number of carboxylic acids is 1. The molecule has 1 fully saturated rings. The van der Waals surface area contributed by atoms with Crippen LogP contribution in [0.5, 0.6) is 0 Å². The highest BCUT2D eigenvalue weighted by Gasteiger charge is 2.47. The van der Waals surface area contributed by atoms with E-state index < -0.39 is 5.97 Å². The van der Waals surface area contributed by atoms with Crippen LogP contribution in [0.25, 0.3) is 0 Å². The lowest BCUT2D eigenvalue weighted by molar-refractivity contribution is -0.175. The van der Waals surface area contributed by atoms with Gasteiger partial charge in [-0.15, -0.1) is 0 Å². The van der Waals surface area contributed by atoms with E-state index in [1.54, 1.807) is 0 Å². The van der Waals surface area contributed by atoms with Crippen molar-refractivity contribution >= 4 is 5.97 Å². The van der Waals surface area contributed by atoms with Gasteiger partial charge in [0.05, 0.1) is 13.2 Å². The lowest BCUT2D eigenvalue weighted by Crippen LogP contribution is -2.51. The second-order valence-corrected chi connectivity index (χ2v) is 5.27. The Morgan fingerprint density at radius 3 is 2.29 bits per heavy atom. The Morgan fingerprint density at radius 1 is 1.43 bits per heavy atom. The number of rotatable bonds is 4. The fraction of sp³-hybridized carbons (Fsp3) is 0.909. The third-order valence-corrected chi connectivity index (χ3v) is 3.39. The molecule has 1 saturated heterocycles. The molecule has 1 rings (SSSR count). The van der Waals surface area contributed by atoms with Crippen molar-refractivity contribution in [3.05, 3.63) is 0 Å². The Kier molecular flexibility index (Phi) is 3.20. The molecule has 0 unspecified atom stereocenters. The highest BCUT2D eigenvalue weighted by Crippen LogP contribution is 2.48. The molecule has 0 aromatic carbocycles. The summed E-state index contributed by atoms with van der Waals surface area (Å²) < 4.78 is 5.27. The number of carbonyl (C=O) groups is 1. The molecule has 1 heterocycles. The van der Waals surface area contributed by atoms with Gasteiger partial charge < -0.3 is 9.84 Å². The topological polar surface area (TPSA) is 46.5 Å². The SMILES string of the molecule is CC(C)(C)C1(CCCC(=O)O)COC1. The number of hydrogen-bond acceptors (Lipinski definition) is 2. The van der Waals surface area contributed by atoms with E-state index in [1.807, 2.05) is 0 Å². The van der Waals surface area contributed by atoms with Crippen LogP contribution in [0, 0.1) is 10.8 Å². The van der Waals surface area contributed by atoms with Gasteiger partial charge in [-0.3, -0.25) is 4.79 Å². The molecule has 0 bridgehead atoms. The summed E-state index contributed by atoms with van der Waals surface area (Å²) in [6.45, 7) is 8.19. The standard InChI is InChI=1S/C11H20O3/c1-10(2,3)11(7-14-8-11)6-4-5-9(12)13/h4-8H2,1-3H3,(H,12,13). The monoisotopic (exact) mass is 200 g/mol. The molecule has 1 aliphatic rings. The van der Waals surface area contributed by atoms with Gasteiger partial charge in [-0.05, 0) is 18.3 Å². The van der Waals surface area contributed by atoms with Gasteiger partial charge in [-0.25, -0.2) is 0 Å². The molecule has 14 heavy (non-hydrogen) atoms. The van der Waals surface area contributed by atoms with E-state index in [2.05, 4.69) is 20.8 Å².